The summed E-state index contributed by atoms with van der Waals surface area (Å²) in [7, 11) is 0. The molecule has 0 bridgehead atoms. The Kier molecular flexibility index (Phi) is 3.27. The minimum Gasteiger partial charge on any atom is -0.314 e. The van der Waals surface area contributed by atoms with Crippen molar-refractivity contribution in [2.24, 2.45) is 5.41 Å². The summed E-state index contributed by atoms with van der Waals surface area (Å²) in [5.41, 5.74) is 0.654. The van der Waals surface area contributed by atoms with Crippen molar-refractivity contribution in [3.63, 3.8) is 0 Å². The second-order valence-corrected chi connectivity index (χ2v) is 6.45. The van der Waals surface area contributed by atoms with Crippen LogP contribution in [0.25, 0.3) is 0 Å². The first-order chi connectivity index (χ1) is 6.23. The lowest BCUT2D eigenvalue weighted by Gasteiger charge is -2.50. The molecule has 1 atom stereocenters. The molecule has 0 aromatic carbocycles. The van der Waals surface area contributed by atoms with Crippen LogP contribution in [0.3, 0.4) is 0 Å². The lowest BCUT2D eigenvalue weighted by atomic mass is 9.82. The molecule has 0 aromatic heterocycles. The molecule has 1 N–H and O–H groups in total. The second kappa shape index (κ2) is 3.82. The number of nitrogens with zero attached hydrogens (tertiary/aromatic N) is 1. The fourth-order valence-electron chi connectivity index (χ4n) is 2.28. The van der Waals surface area contributed by atoms with Gasteiger partial charge in [0.05, 0.1) is 0 Å². The fraction of sp³-hybridized carbons (Fsp3) is 1.00. The first kappa shape index (κ1) is 12.0. The smallest absolute Gasteiger partial charge is 0.0274 e. The van der Waals surface area contributed by atoms with Crippen LogP contribution in [0.15, 0.2) is 0 Å². The van der Waals surface area contributed by atoms with Crippen LogP contribution in [0.4, 0.5) is 0 Å². The zero-order valence-corrected chi connectivity index (χ0v) is 10.6. The third-order valence-corrected chi connectivity index (χ3v) is 3.10. The standard InChI is InChI=1S/C12H26N2/c1-11(2,3)10-9-13-7-8-14(10)12(4,5)6/h10,13H,7-9H2,1-6H3/t10-/m1/s1. The molecule has 0 aromatic rings. The van der Waals surface area contributed by atoms with E-state index in [2.05, 4.69) is 51.8 Å². The maximum absolute atomic E-state index is 3.50. The SMILES string of the molecule is CC(C)(C)[C@H]1CNCCN1C(C)(C)C. The quantitative estimate of drug-likeness (QED) is 0.641. The number of hydrogen-bond acceptors (Lipinski definition) is 2. The molecule has 0 amide bonds. The van der Waals surface area contributed by atoms with E-state index in [1.165, 1.54) is 6.54 Å². The highest BCUT2D eigenvalue weighted by Gasteiger charge is 2.37. The third kappa shape index (κ3) is 2.71. The second-order valence-electron chi connectivity index (χ2n) is 6.45. The lowest BCUT2D eigenvalue weighted by Crippen LogP contribution is -2.62. The maximum atomic E-state index is 3.50. The van der Waals surface area contributed by atoms with E-state index in [4.69, 9.17) is 0 Å². The van der Waals surface area contributed by atoms with E-state index in [1.54, 1.807) is 0 Å². The summed E-state index contributed by atoms with van der Waals surface area (Å²) in [5.74, 6) is 0. The Morgan fingerprint density at radius 3 is 2.00 bits per heavy atom. The molecule has 0 radical (unpaired) electrons. The Balaban J connectivity index is 2.80. The van der Waals surface area contributed by atoms with Crippen LogP contribution in [0.5, 0.6) is 0 Å². The molecular formula is C12H26N2. The van der Waals surface area contributed by atoms with Crippen LogP contribution < -0.4 is 5.32 Å². The van der Waals surface area contributed by atoms with E-state index in [-0.39, 0.29) is 0 Å². The summed E-state index contributed by atoms with van der Waals surface area (Å²) >= 11 is 0. The van der Waals surface area contributed by atoms with E-state index in [0.717, 1.165) is 13.1 Å². The first-order valence-electron chi connectivity index (χ1n) is 5.70. The molecule has 1 fully saturated rings. The van der Waals surface area contributed by atoms with Gasteiger partial charge in [-0.3, -0.25) is 4.90 Å². The van der Waals surface area contributed by atoms with Crippen LogP contribution in [0, 0.1) is 5.41 Å². The number of rotatable bonds is 0. The summed E-state index contributed by atoms with van der Waals surface area (Å²) in [6.07, 6.45) is 0. The molecule has 14 heavy (non-hydrogen) atoms. The van der Waals surface area contributed by atoms with Gasteiger partial charge in [0.15, 0.2) is 0 Å². The van der Waals surface area contributed by atoms with Crippen molar-refractivity contribution in [2.45, 2.75) is 53.1 Å². The van der Waals surface area contributed by atoms with Crippen molar-refractivity contribution in [1.82, 2.24) is 10.2 Å². The van der Waals surface area contributed by atoms with Crippen molar-refractivity contribution < 1.29 is 0 Å². The predicted molar refractivity (Wildman–Crippen MR) is 62.6 cm³/mol. The topological polar surface area (TPSA) is 15.3 Å². The predicted octanol–water partition coefficient (Wildman–Crippen LogP) is 2.10. The highest BCUT2D eigenvalue weighted by Crippen LogP contribution is 2.30. The fourth-order valence-corrected chi connectivity index (χ4v) is 2.28. The Morgan fingerprint density at radius 2 is 1.64 bits per heavy atom. The van der Waals surface area contributed by atoms with Gasteiger partial charge in [-0.15, -0.1) is 0 Å². The van der Waals surface area contributed by atoms with Gasteiger partial charge in [0.25, 0.3) is 0 Å². The summed E-state index contributed by atoms with van der Waals surface area (Å²) in [6.45, 7) is 17.4. The highest BCUT2D eigenvalue weighted by atomic mass is 15.3. The van der Waals surface area contributed by atoms with Gasteiger partial charge in [0, 0.05) is 31.2 Å². The van der Waals surface area contributed by atoms with Crippen molar-refractivity contribution in [2.75, 3.05) is 19.6 Å². The monoisotopic (exact) mass is 198 g/mol. The van der Waals surface area contributed by atoms with Crippen LogP contribution >= 0.6 is 0 Å². The van der Waals surface area contributed by atoms with Crippen LogP contribution in [-0.4, -0.2) is 36.1 Å². The zero-order chi connectivity index (χ0) is 11.0. The van der Waals surface area contributed by atoms with Crippen molar-refractivity contribution >= 4 is 0 Å². The maximum Gasteiger partial charge on any atom is 0.0274 e. The van der Waals surface area contributed by atoms with Gasteiger partial charge in [-0.1, -0.05) is 20.8 Å². The van der Waals surface area contributed by atoms with Gasteiger partial charge in [0.2, 0.25) is 0 Å². The van der Waals surface area contributed by atoms with Crippen LogP contribution in [-0.2, 0) is 0 Å². The van der Waals surface area contributed by atoms with Gasteiger partial charge in [-0.2, -0.15) is 0 Å². The summed E-state index contributed by atoms with van der Waals surface area (Å²) in [6, 6.07) is 0.649. The molecule has 1 aliphatic heterocycles. The largest absolute Gasteiger partial charge is 0.314 e. The Bertz CT molecular complexity index is 163. The van der Waals surface area contributed by atoms with Crippen molar-refractivity contribution in [1.29, 1.82) is 0 Å². The van der Waals surface area contributed by atoms with Gasteiger partial charge in [-0.05, 0) is 26.2 Å². The van der Waals surface area contributed by atoms with Gasteiger partial charge in [-0.25, -0.2) is 0 Å². The Hall–Kier alpha value is -0.0800. The Morgan fingerprint density at radius 1 is 1.07 bits per heavy atom. The molecular weight excluding hydrogens is 172 g/mol. The molecule has 0 unspecified atom stereocenters. The number of nitrogens with one attached hydrogen (secondary N) is 1. The molecule has 1 rings (SSSR count). The summed E-state index contributed by atoms with van der Waals surface area (Å²) in [4.78, 5) is 2.64. The average molecular weight is 198 g/mol. The molecule has 1 heterocycles. The molecule has 0 saturated carbocycles. The first-order valence-corrected chi connectivity index (χ1v) is 5.70. The van der Waals surface area contributed by atoms with Gasteiger partial charge < -0.3 is 5.32 Å². The minimum atomic E-state index is 0.292. The van der Waals surface area contributed by atoms with Gasteiger partial charge in [0.1, 0.15) is 0 Å². The van der Waals surface area contributed by atoms with E-state index in [9.17, 15) is 0 Å². The third-order valence-electron chi connectivity index (χ3n) is 3.10. The molecule has 2 heteroatoms. The molecule has 84 valence electrons. The number of hydrogen-bond donors (Lipinski definition) is 1. The molecule has 1 aliphatic rings. The molecule has 0 aliphatic carbocycles. The number of piperazine rings is 1. The Labute approximate surface area is 89.1 Å². The van der Waals surface area contributed by atoms with E-state index >= 15 is 0 Å². The average Bonchev–Trinajstić information content (AvgIpc) is 2.01. The van der Waals surface area contributed by atoms with Gasteiger partial charge >= 0.3 is 0 Å². The van der Waals surface area contributed by atoms with Crippen molar-refractivity contribution in [3.05, 3.63) is 0 Å². The van der Waals surface area contributed by atoms with Crippen LogP contribution in [0.1, 0.15) is 41.5 Å². The lowest BCUT2D eigenvalue weighted by molar-refractivity contribution is 0.00534. The van der Waals surface area contributed by atoms with Crippen LogP contribution in [0.2, 0.25) is 0 Å². The van der Waals surface area contributed by atoms with E-state index in [0.29, 0.717) is 17.0 Å². The summed E-state index contributed by atoms with van der Waals surface area (Å²) in [5, 5.41) is 3.50. The van der Waals surface area contributed by atoms with E-state index in [1.807, 2.05) is 0 Å². The summed E-state index contributed by atoms with van der Waals surface area (Å²) < 4.78 is 0. The minimum absolute atomic E-state index is 0.292. The van der Waals surface area contributed by atoms with Crippen molar-refractivity contribution in [3.8, 4) is 0 Å². The molecule has 0 spiro atoms. The highest BCUT2D eigenvalue weighted by molar-refractivity contribution is 4.93. The molecule has 1 saturated heterocycles. The zero-order valence-electron chi connectivity index (χ0n) is 10.6. The van der Waals surface area contributed by atoms with E-state index < -0.39 is 0 Å². The molecule has 2 nitrogen and oxygen atoms in total. The normalized spacial score (nSPS) is 26.6.